The number of halogens is 2. The van der Waals surface area contributed by atoms with Gasteiger partial charge in [0.2, 0.25) is 0 Å². The minimum atomic E-state index is -1.66. The van der Waals surface area contributed by atoms with Crippen molar-refractivity contribution in [2.75, 3.05) is 0 Å². The fourth-order valence-electron chi connectivity index (χ4n) is 3.58. The third-order valence-corrected chi connectivity index (χ3v) is 5.29. The summed E-state index contributed by atoms with van der Waals surface area (Å²) in [7, 11) is 0. The van der Waals surface area contributed by atoms with Gasteiger partial charge in [-0.05, 0) is 35.1 Å². The minimum absolute atomic E-state index is 0.529. The van der Waals surface area contributed by atoms with Crippen molar-refractivity contribution in [2.45, 2.75) is 77.6 Å². The van der Waals surface area contributed by atoms with Gasteiger partial charge in [-0.1, -0.05) is 113 Å². The maximum Gasteiger partial charge on any atom is 0.270 e. The summed E-state index contributed by atoms with van der Waals surface area (Å²) in [5, 5.41) is 0. The Morgan fingerprint density at radius 3 is 1.61 bits per heavy atom. The normalized spacial score (nSPS) is 10.8. The maximum atomic E-state index is 12.3. The zero-order valence-electron chi connectivity index (χ0n) is 17.2. The molecule has 2 aromatic carbocycles. The molecule has 0 unspecified atom stereocenters. The van der Waals surface area contributed by atoms with Crippen LogP contribution < -0.4 is 0 Å². The summed E-state index contributed by atoms with van der Waals surface area (Å²) in [6.07, 6.45) is 14.0. The van der Waals surface area contributed by atoms with Gasteiger partial charge >= 0.3 is 0 Å². The first-order chi connectivity index (χ1) is 13.7. The van der Waals surface area contributed by atoms with Crippen molar-refractivity contribution < 1.29 is 8.78 Å². The molecule has 2 heteroatoms. The average Bonchev–Trinajstić information content (AvgIpc) is 2.70. The van der Waals surface area contributed by atoms with Crippen molar-refractivity contribution in [3.05, 3.63) is 65.7 Å². The highest BCUT2D eigenvalue weighted by Gasteiger charge is 2.00. The topological polar surface area (TPSA) is 0 Å². The van der Waals surface area contributed by atoms with Crippen LogP contribution in [0.1, 0.15) is 82.3 Å². The van der Waals surface area contributed by atoms with Gasteiger partial charge in [0.1, 0.15) is 0 Å². The van der Waals surface area contributed by atoms with Crippen molar-refractivity contribution in [2.24, 2.45) is 0 Å². The van der Waals surface area contributed by atoms with Crippen LogP contribution in [0.15, 0.2) is 54.6 Å². The molecule has 2 rings (SSSR count). The molecule has 0 aliphatic carbocycles. The van der Waals surface area contributed by atoms with E-state index >= 15 is 0 Å². The van der Waals surface area contributed by atoms with Crippen LogP contribution in [0, 0.1) is 0 Å². The van der Waals surface area contributed by atoms with E-state index in [0.717, 1.165) is 23.6 Å². The molecule has 0 spiro atoms. The Morgan fingerprint density at radius 1 is 0.643 bits per heavy atom. The molecule has 0 saturated carbocycles. The van der Waals surface area contributed by atoms with Crippen molar-refractivity contribution in [3.63, 3.8) is 0 Å². The highest BCUT2D eigenvalue weighted by Crippen LogP contribution is 2.22. The second-order valence-electron chi connectivity index (χ2n) is 7.68. The highest BCUT2D eigenvalue weighted by atomic mass is 19.3. The lowest BCUT2D eigenvalue weighted by Crippen LogP contribution is -1.87. The number of benzene rings is 2. The van der Waals surface area contributed by atoms with Gasteiger partial charge in [-0.15, -0.1) is 0 Å². The smallest absolute Gasteiger partial charge is 0.173 e. The molecule has 0 N–H and O–H groups in total. The van der Waals surface area contributed by atoms with Gasteiger partial charge in [-0.2, -0.15) is 8.78 Å². The van der Waals surface area contributed by atoms with Gasteiger partial charge in [0.25, 0.3) is 6.08 Å². The summed E-state index contributed by atoms with van der Waals surface area (Å²) in [4.78, 5) is 0. The Morgan fingerprint density at radius 2 is 1.11 bits per heavy atom. The SMILES string of the molecule is CCCCCCCCCCCCc1ccc(-c2ccc(C=C(F)F)cc2)cc1. The van der Waals surface area contributed by atoms with E-state index in [-0.39, 0.29) is 0 Å². The van der Waals surface area contributed by atoms with E-state index in [1.165, 1.54) is 69.8 Å². The molecule has 0 fully saturated rings. The largest absolute Gasteiger partial charge is 0.270 e. The van der Waals surface area contributed by atoms with Gasteiger partial charge < -0.3 is 0 Å². The Bertz CT molecular complexity index is 679. The monoisotopic (exact) mass is 384 g/mol. The first-order valence-corrected chi connectivity index (χ1v) is 10.9. The van der Waals surface area contributed by atoms with Crippen molar-refractivity contribution in [1.29, 1.82) is 0 Å². The van der Waals surface area contributed by atoms with E-state index in [9.17, 15) is 8.78 Å². The second-order valence-corrected chi connectivity index (χ2v) is 7.68. The quantitative estimate of drug-likeness (QED) is 0.302. The van der Waals surface area contributed by atoms with Crippen LogP contribution in [0.2, 0.25) is 0 Å². The molecule has 0 atom stereocenters. The number of aryl methyl sites for hydroxylation is 1. The summed E-state index contributed by atoms with van der Waals surface area (Å²) in [5.74, 6) is 0. The summed E-state index contributed by atoms with van der Waals surface area (Å²) in [6.45, 7) is 2.27. The lowest BCUT2D eigenvalue weighted by Gasteiger charge is -2.06. The van der Waals surface area contributed by atoms with E-state index in [0.29, 0.717) is 5.56 Å². The molecular formula is C26H34F2. The average molecular weight is 385 g/mol. The van der Waals surface area contributed by atoms with E-state index in [1.807, 2.05) is 12.1 Å². The predicted octanol–water partition coefficient (Wildman–Crippen LogP) is 9.05. The molecule has 0 aliphatic heterocycles. The molecule has 0 saturated heterocycles. The Balaban J connectivity index is 1.65. The Labute approximate surface area is 169 Å². The van der Waals surface area contributed by atoms with Crippen LogP contribution in [0.5, 0.6) is 0 Å². The molecule has 0 heterocycles. The van der Waals surface area contributed by atoms with Gasteiger partial charge in [0, 0.05) is 6.08 Å². The van der Waals surface area contributed by atoms with Crippen molar-refractivity contribution in [1.82, 2.24) is 0 Å². The first kappa shape index (κ1) is 22.3. The number of hydrogen-bond acceptors (Lipinski definition) is 0. The molecule has 0 aromatic heterocycles. The van der Waals surface area contributed by atoms with E-state index in [1.54, 1.807) is 12.1 Å². The van der Waals surface area contributed by atoms with Crippen LogP contribution >= 0.6 is 0 Å². The number of unbranched alkanes of at least 4 members (excludes halogenated alkanes) is 9. The fraction of sp³-hybridized carbons (Fsp3) is 0.462. The maximum absolute atomic E-state index is 12.3. The van der Waals surface area contributed by atoms with Crippen molar-refractivity contribution >= 4 is 6.08 Å². The lowest BCUT2D eigenvalue weighted by atomic mass is 10.00. The number of hydrogen-bond donors (Lipinski definition) is 0. The van der Waals surface area contributed by atoms with Crippen molar-refractivity contribution in [3.8, 4) is 11.1 Å². The van der Waals surface area contributed by atoms with Crippen LogP contribution in [-0.2, 0) is 6.42 Å². The molecule has 2 aromatic rings. The zero-order valence-corrected chi connectivity index (χ0v) is 17.2. The van der Waals surface area contributed by atoms with Crippen LogP contribution in [0.25, 0.3) is 17.2 Å². The molecular weight excluding hydrogens is 350 g/mol. The minimum Gasteiger partial charge on any atom is -0.173 e. The van der Waals surface area contributed by atoms with Gasteiger partial charge in [0.05, 0.1) is 0 Å². The second kappa shape index (κ2) is 13.3. The molecule has 0 aliphatic rings. The third-order valence-electron chi connectivity index (χ3n) is 5.29. The van der Waals surface area contributed by atoms with Gasteiger partial charge in [-0.25, -0.2) is 0 Å². The third kappa shape index (κ3) is 8.82. The molecule has 0 amide bonds. The first-order valence-electron chi connectivity index (χ1n) is 10.9. The van der Waals surface area contributed by atoms with E-state index in [2.05, 4.69) is 31.2 Å². The standard InChI is InChI=1S/C26H34F2/c1-2-3-4-5-6-7-8-9-10-11-12-22-13-17-24(18-14-22)25-19-15-23(16-20-25)21-26(27)28/h13-21H,2-12H2,1H3. The predicted molar refractivity (Wildman–Crippen MR) is 118 cm³/mol. The van der Waals surface area contributed by atoms with E-state index in [4.69, 9.17) is 0 Å². The summed E-state index contributed by atoms with van der Waals surface area (Å²) < 4.78 is 24.6. The fourth-order valence-corrected chi connectivity index (χ4v) is 3.58. The molecule has 0 bridgehead atoms. The van der Waals surface area contributed by atoms with Crippen LogP contribution in [0.3, 0.4) is 0 Å². The molecule has 152 valence electrons. The van der Waals surface area contributed by atoms with Crippen LogP contribution in [0.4, 0.5) is 8.78 Å². The van der Waals surface area contributed by atoms with Gasteiger partial charge in [0.15, 0.2) is 0 Å². The Hall–Kier alpha value is -1.96. The summed E-state index contributed by atoms with van der Waals surface area (Å²) in [6, 6.07) is 15.9. The lowest BCUT2D eigenvalue weighted by molar-refractivity contribution is 0.429. The van der Waals surface area contributed by atoms with Crippen LogP contribution in [-0.4, -0.2) is 0 Å². The highest BCUT2D eigenvalue weighted by molar-refractivity contribution is 5.66. The molecule has 0 nitrogen and oxygen atoms in total. The molecule has 0 radical (unpaired) electrons. The summed E-state index contributed by atoms with van der Waals surface area (Å²) in [5.41, 5.74) is 4.09. The van der Waals surface area contributed by atoms with Gasteiger partial charge in [-0.3, -0.25) is 0 Å². The van der Waals surface area contributed by atoms with E-state index < -0.39 is 6.08 Å². The molecule has 28 heavy (non-hydrogen) atoms. The summed E-state index contributed by atoms with van der Waals surface area (Å²) >= 11 is 0. The Kier molecular flexibility index (Phi) is 10.6. The zero-order chi connectivity index (χ0) is 20.0. The number of rotatable bonds is 13.